The first-order chi connectivity index (χ1) is 14.9. The van der Waals surface area contributed by atoms with E-state index in [0.717, 1.165) is 24.2 Å². The number of nitrogens with zero attached hydrogens (tertiary/aromatic N) is 1. The first-order valence-electron chi connectivity index (χ1n) is 10.5. The molecular weight excluding hydrogens is 394 g/mol. The average molecular weight is 424 g/mol. The molecular formula is C24H29N3O4. The lowest BCUT2D eigenvalue weighted by Gasteiger charge is -2.22. The topological polar surface area (TPSA) is 87.7 Å². The summed E-state index contributed by atoms with van der Waals surface area (Å²) in [7, 11) is 1.50. The summed E-state index contributed by atoms with van der Waals surface area (Å²) in [5, 5.41) is 5.72. The molecule has 1 atom stereocenters. The molecule has 2 aromatic rings. The molecule has 0 saturated carbocycles. The Morgan fingerprint density at radius 1 is 1.10 bits per heavy atom. The van der Waals surface area contributed by atoms with E-state index in [9.17, 15) is 14.4 Å². The third-order valence-electron chi connectivity index (χ3n) is 5.38. The second kappa shape index (κ2) is 10.1. The normalized spacial score (nSPS) is 14.5. The summed E-state index contributed by atoms with van der Waals surface area (Å²) in [5.74, 6) is -0.101. The molecule has 3 rings (SSSR count). The molecule has 2 N–H and O–H groups in total. The van der Waals surface area contributed by atoms with Crippen molar-refractivity contribution in [3.05, 3.63) is 59.7 Å². The number of rotatable bonds is 8. The average Bonchev–Trinajstić information content (AvgIpc) is 3.21. The quantitative estimate of drug-likeness (QED) is 0.683. The monoisotopic (exact) mass is 423 g/mol. The highest BCUT2D eigenvalue weighted by Crippen LogP contribution is 2.22. The third kappa shape index (κ3) is 5.42. The van der Waals surface area contributed by atoms with Gasteiger partial charge in [0.15, 0.2) is 0 Å². The van der Waals surface area contributed by atoms with Crippen LogP contribution in [0.25, 0.3) is 0 Å². The van der Waals surface area contributed by atoms with Gasteiger partial charge in [0.05, 0.1) is 12.7 Å². The van der Waals surface area contributed by atoms with Crippen LogP contribution < -0.4 is 20.3 Å². The fourth-order valence-electron chi connectivity index (χ4n) is 3.60. The summed E-state index contributed by atoms with van der Waals surface area (Å²) in [6.45, 7) is 4.85. The van der Waals surface area contributed by atoms with Crippen molar-refractivity contribution in [3.63, 3.8) is 0 Å². The Hall–Kier alpha value is -3.35. The number of benzene rings is 2. The minimum Gasteiger partial charge on any atom is -0.496 e. The zero-order valence-corrected chi connectivity index (χ0v) is 18.2. The van der Waals surface area contributed by atoms with Gasteiger partial charge in [0.25, 0.3) is 5.91 Å². The Morgan fingerprint density at radius 3 is 2.42 bits per heavy atom. The maximum Gasteiger partial charge on any atom is 0.255 e. The Bertz CT molecular complexity index is 940. The number of amides is 3. The highest BCUT2D eigenvalue weighted by Gasteiger charge is 2.26. The summed E-state index contributed by atoms with van der Waals surface area (Å²) in [6, 6.07) is 13.8. The van der Waals surface area contributed by atoms with Crippen LogP contribution in [0, 0.1) is 5.92 Å². The molecule has 0 unspecified atom stereocenters. The Kier molecular flexibility index (Phi) is 7.28. The first-order valence-corrected chi connectivity index (χ1v) is 10.5. The molecule has 1 fully saturated rings. The van der Waals surface area contributed by atoms with Crippen LogP contribution in [0.1, 0.15) is 42.6 Å². The summed E-state index contributed by atoms with van der Waals surface area (Å²) in [5.41, 5.74) is 2.18. The zero-order chi connectivity index (χ0) is 22.4. The number of methoxy groups -OCH3 is 1. The minimum atomic E-state index is -0.682. The van der Waals surface area contributed by atoms with Gasteiger partial charge in [-0.25, -0.2) is 0 Å². The maximum atomic E-state index is 12.8. The van der Waals surface area contributed by atoms with Gasteiger partial charge in [-0.3, -0.25) is 14.4 Å². The number of carbonyl (C=O) groups is 3. The molecule has 0 bridgehead atoms. The van der Waals surface area contributed by atoms with E-state index in [1.165, 1.54) is 7.11 Å². The Labute approximate surface area is 182 Å². The smallest absolute Gasteiger partial charge is 0.255 e. The number of hydrogen-bond acceptors (Lipinski definition) is 4. The van der Waals surface area contributed by atoms with E-state index in [1.54, 1.807) is 29.2 Å². The van der Waals surface area contributed by atoms with E-state index >= 15 is 0 Å². The van der Waals surface area contributed by atoms with Crippen molar-refractivity contribution in [1.82, 2.24) is 10.6 Å². The maximum absolute atomic E-state index is 12.8. The van der Waals surface area contributed by atoms with E-state index in [-0.39, 0.29) is 23.6 Å². The molecule has 3 amide bonds. The predicted molar refractivity (Wildman–Crippen MR) is 119 cm³/mol. The van der Waals surface area contributed by atoms with Crippen molar-refractivity contribution >= 4 is 23.4 Å². The SMILES string of the molecule is COc1ccccc1C(=O)N[C@H](C(=O)NCc1ccc(N2CCCC2=O)cc1)C(C)C. The van der Waals surface area contributed by atoms with Crippen LogP contribution in [0.3, 0.4) is 0 Å². The highest BCUT2D eigenvalue weighted by molar-refractivity contribution is 5.99. The van der Waals surface area contributed by atoms with Crippen LogP contribution in [0.15, 0.2) is 48.5 Å². The van der Waals surface area contributed by atoms with Crippen LogP contribution in [0.5, 0.6) is 5.75 Å². The number of ether oxygens (including phenoxy) is 1. The summed E-state index contributed by atoms with van der Waals surface area (Å²) < 4.78 is 5.24. The summed E-state index contributed by atoms with van der Waals surface area (Å²) in [4.78, 5) is 39.1. The summed E-state index contributed by atoms with van der Waals surface area (Å²) >= 11 is 0. The van der Waals surface area contributed by atoms with Crippen molar-refractivity contribution < 1.29 is 19.1 Å². The number of para-hydroxylation sites is 1. The molecule has 0 aliphatic carbocycles. The second-order valence-corrected chi connectivity index (χ2v) is 7.93. The zero-order valence-electron chi connectivity index (χ0n) is 18.2. The van der Waals surface area contributed by atoms with E-state index in [0.29, 0.717) is 24.3 Å². The van der Waals surface area contributed by atoms with Crippen LogP contribution in [0.4, 0.5) is 5.69 Å². The van der Waals surface area contributed by atoms with Gasteiger partial charge in [-0.05, 0) is 42.2 Å². The number of carbonyl (C=O) groups excluding carboxylic acids is 3. The lowest BCUT2D eigenvalue weighted by Crippen LogP contribution is -2.49. The van der Waals surface area contributed by atoms with Crippen LogP contribution in [0.2, 0.25) is 0 Å². The highest BCUT2D eigenvalue weighted by atomic mass is 16.5. The lowest BCUT2D eigenvalue weighted by atomic mass is 10.0. The molecule has 1 heterocycles. The van der Waals surface area contributed by atoms with E-state index in [4.69, 9.17) is 4.74 Å². The Balaban J connectivity index is 1.60. The molecule has 0 spiro atoms. The van der Waals surface area contributed by atoms with Crippen molar-refractivity contribution in [1.29, 1.82) is 0 Å². The molecule has 1 aliphatic heterocycles. The fourth-order valence-corrected chi connectivity index (χ4v) is 3.60. The van der Waals surface area contributed by atoms with E-state index in [1.807, 2.05) is 38.1 Å². The molecule has 164 valence electrons. The lowest BCUT2D eigenvalue weighted by molar-refractivity contribution is -0.124. The number of anilines is 1. The van der Waals surface area contributed by atoms with Crippen molar-refractivity contribution in [3.8, 4) is 5.75 Å². The van der Waals surface area contributed by atoms with Gasteiger partial charge >= 0.3 is 0 Å². The largest absolute Gasteiger partial charge is 0.496 e. The van der Waals surface area contributed by atoms with E-state index < -0.39 is 6.04 Å². The standard InChI is InChI=1S/C24H29N3O4/c1-16(2)22(26-23(29)19-7-4-5-8-20(19)31-3)24(30)25-15-17-10-12-18(13-11-17)27-14-6-9-21(27)28/h4-5,7-8,10-13,16,22H,6,9,14-15H2,1-3H3,(H,25,30)(H,26,29)/t22-/m0/s1. The number of nitrogens with one attached hydrogen (secondary N) is 2. The molecule has 7 nitrogen and oxygen atoms in total. The predicted octanol–water partition coefficient (Wildman–Crippen LogP) is 2.89. The van der Waals surface area contributed by atoms with Crippen molar-refractivity contribution in [2.75, 3.05) is 18.6 Å². The third-order valence-corrected chi connectivity index (χ3v) is 5.38. The van der Waals surface area contributed by atoms with Crippen LogP contribution in [-0.4, -0.2) is 37.4 Å². The fraction of sp³-hybridized carbons (Fsp3) is 0.375. The first kappa shape index (κ1) is 22.3. The molecule has 7 heteroatoms. The van der Waals surface area contributed by atoms with Gasteiger partial charge in [-0.2, -0.15) is 0 Å². The molecule has 0 radical (unpaired) electrons. The minimum absolute atomic E-state index is 0.0952. The number of hydrogen-bond donors (Lipinski definition) is 2. The van der Waals surface area contributed by atoms with Gasteiger partial charge < -0.3 is 20.3 Å². The van der Waals surface area contributed by atoms with Crippen molar-refractivity contribution in [2.45, 2.75) is 39.3 Å². The molecule has 31 heavy (non-hydrogen) atoms. The van der Waals surface area contributed by atoms with Gasteiger partial charge in [0.2, 0.25) is 11.8 Å². The van der Waals surface area contributed by atoms with Gasteiger partial charge in [-0.1, -0.05) is 38.1 Å². The summed E-state index contributed by atoms with van der Waals surface area (Å²) in [6.07, 6.45) is 1.47. The van der Waals surface area contributed by atoms with E-state index in [2.05, 4.69) is 10.6 Å². The molecule has 1 saturated heterocycles. The van der Waals surface area contributed by atoms with Crippen LogP contribution in [-0.2, 0) is 16.1 Å². The van der Waals surface area contributed by atoms with Crippen molar-refractivity contribution in [2.24, 2.45) is 5.92 Å². The van der Waals surface area contributed by atoms with Crippen LogP contribution >= 0.6 is 0 Å². The van der Waals surface area contributed by atoms with Gasteiger partial charge in [0.1, 0.15) is 11.8 Å². The van der Waals surface area contributed by atoms with Gasteiger partial charge in [-0.15, -0.1) is 0 Å². The molecule has 2 aromatic carbocycles. The molecule has 1 aliphatic rings. The Morgan fingerprint density at radius 2 is 1.81 bits per heavy atom. The molecule has 0 aromatic heterocycles. The second-order valence-electron chi connectivity index (χ2n) is 7.93. The van der Waals surface area contributed by atoms with Gasteiger partial charge in [0, 0.05) is 25.2 Å².